The molecule has 3 rings (SSSR count). The summed E-state index contributed by atoms with van der Waals surface area (Å²) in [5.41, 5.74) is 1.78. The van der Waals surface area contributed by atoms with Gasteiger partial charge in [-0.3, -0.25) is 0 Å². The maximum Gasteiger partial charge on any atom is 0.243 e. The predicted molar refractivity (Wildman–Crippen MR) is 102 cm³/mol. The average molecular weight is 361 g/mol. The van der Waals surface area contributed by atoms with Gasteiger partial charge in [-0.05, 0) is 35.7 Å². The minimum Gasteiger partial charge on any atom is -0.207 e. The van der Waals surface area contributed by atoms with Crippen molar-refractivity contribution >= 4 is 23.2 Å². The fourth-order valence-corrected chi connectivity index (χ4v) is 8.43. The zero-order chi connectivity index (χ0) is 17.3. The first-order valence-electron chi connectivity index (χ1n) is 8.30. The molecule has 2 atom stereocenters. The molecule has 0 unspecified atom stereocenters. The SMILES string of the molecule is Cc1ccc(S(=O)(=O)N2C[C@@H](C)P(c3ccccc3)[C@H](C)C2)cc1. The Balaban J connectivity index is 1.84. The number of aryl methyl sites for hydroxylation is 1. The van der Waals surface area contributed by atoms with Gasteiger partial charge in [-0.2, -0.15) is 4.31 Å². The van der Waals surface area contributed by atoms with E-state index in [1.54, 1.807) is 16.4 Å². The number of hydrogen-bond donors (Lipinski definition) is 0. The zero-order valence-corrected chi connectivity index (χ0v) is 16.1. The van der Waals surface area contributed by atoms with Gasteiger partial charge in [0, 0.05) is 13.1 Å². The van der Waals surface area contributed by atoms with Crippen LogP contribution in [0.1, 0.15) is 19.4 Å². The van der Waals surface area contributed by atoms with E-state index in [0.717, 1.165) is 5.56 Å². The van der Waals surface area contributed by atoms with Crippen molar-refractivity contribution in [1.29, 1.82) is 0 Å². The zero-order valence-electron chi connectivity index (χ0n) is 14.4. The van der Waals surface area contributed by atoms with Gasteiger partial charge in [0.1, 0.15) is 0 Å². The molecule has 0 saturated carbocycles. The van der Waals surface area contributed by atoms with Crippen LogP contribution in [0.25, 0.3) is 0 Å². The average Bonchev–Trinajstić information content (AvgIpc) is 2.55. The number of rotatable bonds is 3. The highest BCUT2D eigenvalue weighted by atomic mass is 32.2. The molecule has 5 heteroatoms. The third kappa shape index (κ3) is 3.42. The molecular weight excluding hydrogens is 337 g/mol. The molecule has 1 aliphatic rings. The van der Waals surface area contributed by atoms with Crippen LogP contribution in [0.15, 0.2) is 59.5 Å². The van der Waals surface area contributed by atoms with E-state index in [1.807, 2.05) is 25.1 Å². The summed E-state index contributed by atoms with van der Waals surface area (Å²) in [7, 11) is -3.75. The molecule has 128 valence electrons. The Hall–Kier alpha value is -1.22. The highest BCUT2D eigenvalue weighted by Crippen LogP contribution is 2.49. The minimum absolute atomic E-state index is 0.343. The van der Waals surface area contributed by atoms with Crippen LogP contribution >= 0.6 is 7.92 Å². The van der Waals surface area contributed by atoms with Gasteiger partial charge >= 0.3 is 0 Å². The fraction of sp³-hybridized carbons (Fsp3) is 0.368. The molecule has 1 heterocycles. The third-order valence-electron chi connectivity index (χ3n) is 4.60. The van der Waals surface area contributed by atoms with Gasteiger partial charge in [0.2, 0.25) is 10.0 Å². The van der Waals surface area contributed by atoms with E-state index in [4.69, 9.17) is 0 Å². The molecule has 0 aromatic heterocycles. The normalized spacial score (nSPS) is 23.3. The van der Waals surface area contributed by atoms with Crippen LogP contribution in [0.5, 0.6) is 0 Å². The molecular formula is C19H24NO2PS. The second kappa shape index (κ2) is 6.95. The predicted octanol–water partition coefficient (Wildman–Crippen LogP) is 3.58. The largest absolute Gasteiger partial charge is 0.243 e. The van der Waals surface area contributed by atoms with Gasteiger partial charge in [-0.1, -0.05) is 69.8 Å². The Morgan fingerprint density at radius 3 is 2.00 bits per heavy atom. The maximum atomic E-state index is 13.0. The number of hydrogen-bond acceptors (Lipinski definition) is 2. The van der Waals surface area contributed by atoms with E-state index in [2.05, 4.69) is 38.1 Å². The van der Waals surface area contributed by atoms with Crippen molar-refractivity contribution in [3.8, 4) is 0 Å². The monoisotopic (exact) mass is 361 g/mol. The van der Waals surface area contributed by atoms with Crippen LogP contribution in [0.3, 0.4) is 0 Å². The van der Waals surface area contributed by atoms with Crippen molar-refractivity contribution in [2.75, 3.05) is 13.1 Å². The van der Waals surface area contributed by atoms with Crippen LogP contribution in [-0.2, 0) is 10.0 Å². The van der Waals surface area contributed by atoms with Crippen molar-refractivity contribution in [1.82, 2.24) is 4.31 Å². The minimum atomic E-state index is -3.41. The third-order valence-corrected chi connectivity index (χ3v) is 9.56. The van der Waals surface area contributed by atoms with Crippen molar-refractivity contribution < 1.29 is 8.42 Å². The highest BCUT2D eigenvalue weighted by molar-refractivity contribution is 7.89. The highest BCUT2D eigenvalue weighted by Gasteiger charge is 2.37. The molecule has 0 aliphatic carbocycles. The van der Waals surface area contributed by atoms with Crippen molar-refractivity contribution in [3.05, 3.63) is 60.2 Å². The van der Waals surface area contributed by atoms with Gasteiger partial charge < -0.3 is 0 Å². The van der Waals surface area contributed by atoms with Gasteiger partial charge in [-0.15, -0.1) is 0 Å². The standard InChI is InChI=1S/C19H24NO2PS/c1-15-9-11-19(12-10-15)24(21,22)20-13-16(2)23(17(3)14-20)18-7-5-4-6-8-18/h4-12,16-17H,13-14H2,1-3H3/t16-,17-/m1/s1. The quantitative estimate of drug-likeness (QED) is 0.784. The van der Waals surface area contributed by atoms with Crippen LogP contribution < -0.4 is 5.30 Å². The molecule has 1 aliphatic heterocycles. The molecule has 0 amide bonds. The molecule has 1 fully saturated rings. The fourth-order valence-electron chi connectivity index (χ4n) is 3.44. The van der Waals surface area contributed by atoms with Crippen molar-refractivity contribution in [3.63, 3.8) is 0 Å². The van der Waals surface area contributed by atoms with Crippen LogP contribution in [0, 0.1) is 6.92 Å². The number of nitrogens with zero attached hydrogens (tertiary/aromatic N) is 1. The second-order valence-electron chi connectivity index (χ2n) is 6.58. The van der Waals surface area contributed by atoms with Gasteiger partial charge in [0.15, 0.2) is 0 Å². The summed E-state index contributed by atoms with van der Waals surface area (Å²) in [5, 5.41) is 1.37. The van der Waals surface area contributed by atoms with Crippen LogP contribution in [0.4, 0.5) is 0 Å². The Morgan fingerprint density at radius 2 is 1.46 bits per heavy atom. The lowest BCUT2D eigenvalue weighted by atomic mass is 10.2. The topological polar surface area (TPSA) is 37.4 Å². The van der Waals surface area contributed by atoms with Crippen LogP contribution in [0.2, 0.25) is 0 Å². The lowest BCUT2D eigenvalue weighted by Gasteiger charge is -2.41. The van der Waals surface area contributed by atoms with Crippen LogP contribution in [-0.4, -0.2) is 37.1 Å². The summed E-state index contributed by atoms with van der Waals surface area (Å²) >= 11 is 0. The Labute approximate surface area is 146 Å². The molecule has 0 spiro atoms. The summed E-state index contributed by atoms with van der Waals surface area (Å²) in [6.07, 6.45) is 0. The summed E-state index contributed by atoms with van der Waals surface area (Å²) < 4.78 is 27.6. The molecule has 24 heavy (non-hydrogen) atoms. The van der Waals surface area contributed by atoms with Gasteiger partial charge in [0.25, 0.3) is 0 Å². The molecule has 0 bridgehead atoms. The van der Waals surface area contributed by atoms with Gasteiger partial charge in [0.05, 0.1) is 4.90 Å². The first-order valence-corrected chi connectivity index (χ1v) is 11.2. The molecule has 0 radical (unpaired) electrons. The lowest BCUT2D eigenvalue weighted by molar-refractivity contribution is 0.400. The molecule has 3 nitrogen and oxygen atoms in total. The first-order chi connectivity index (χ1) is 11.4. The Kier molecular flexibility index (Phi) is 5.10. The van der Waals surface area contributed by atoms with E-state index < -0.39 is 10.0 Å². The van der Waals surface area contributed by atoms with Gasteiger partial charge in [-0.25, -0.2) is 8.42 Å². The summed E-state index contributed by atoms with van der Waals surface area (Å²) in [4.78, 5) is 0.401. The Morgan fingerprint density at radius 1 is 0.917 bits per heavy atom. The van der Waals surface area contributed by atoms with E-state index in [9.17, 15) is 8.42 Å². The number of benzene rings is 2. The van der Waals surface area contributed by atoms with Crippen molar-refractivity contribution in [2.24, 2.45) is 0 Å². The molecule has 2 aromatic carbocycles. The molecule has 2 aromatic rings. The first kappa shape index (κ1) is 17.6. The number of sulfonamides is 1. The Bertz CT molecular complexity index is 778. The maximum absolute atomic E-state index is 13.0. The summed E-state index contributed by atoms with van der Waals surface area (Å²) in [6.45, 7) is 7.54. The van der Waals surface area contributed by atoms with Crippen molar-refractivity contribution in [2.45, 2.75) is 37.0 Å². The van der Waals surface area contributed by atoms with E-state index >= 15 is 0 Å². The van der Waals surface area contributed by atoms with E-state index in [-0.39, 0.29) is 7.92 Å². The second-order valence-corrected chi connectivity index (χ2v) is 11.6. The van der Waals surface area contributed by atoms with E-state index in [0.29, 0.717) is 29.3 Å². The summed E-state index contributed by atoms with van der Waals surface area (Å²) in [6, 6.07) is 17.7. The molecule has 1 saturated heterocycles. The molecule has 0 N–H and O–H groups in total. The lowest BCUT2D eigenvalue weighted by Crippen LogP contribution is -2.46. The van der Waals surface area contributed by atoms with E-state index in [1.165, 1.54) is 5.30 Å². The summed E-state index contributed by atoms with van der Waals surface area (Å²) in [5.74, 6) is 0. The smallest absolute Gasteiger partial charge is 0.207 e.